The summed E-state index contributed by atoms with van der Waals surface area (Å²) >= 11 is 0. The minimum atomic E-state index is -0.351. The number of rotatable bonds is 3. The summed E-state index contributed by atoms with van der Waals surface area (Å²) in [4.78, 5) is 4.29. The number of aryl methyl sites for hydroxylation is 1. The molecule has 1 aromatic carbocycles. The number of pyridine rings is 1. The molecule has 0 unspecified atom stereocenters. The molecule has 0 aliphatic rings. The summed E-state index contributed by atoms with van der Waals surface area (Å²) in [6.07, 6.45) is 1.70. The number of hydrogen-bond acceptors (Lipinski definition) is 3. The lowest BCUT2D eigenvalue weighted by atomic mass is 10.1. The van der Waals surface area contributed by atoms with Crippen molar-refractivity contribution in [2.75, 3.05) is 7.11 Å². The Morgan fingerprint density at radius 1 is 1.14 bits per heavy atom. The summed E-state index contributed by atoms with van der Waals surface area (Å²) < 4.78 is 20.5. The molecule has 0 aliphatic heterocycles. The molecule has 4 nitrogen and oxygen atoms in total. The lowest BCUT2D eigenvalue weighted by molar-refractivity contribution is 0.411. The highest BCUT2D eigenvalue weighted by Gasteiger charge is 2.12. The Kier molecular flexibility index (Phi) is 3.39. The van der Waals surface area contributed by atoms with Crippen LogP contribution in [0.25, 0.3) is 17.1 Å². The smallest absolute Gasteiger partial charge is 0.153 e. The third kappa shape index (κ3) is 2.63. The van der Waals surface area contributed by atoms with E-state index in [2.05, 4.69) is 10.1 Å². The Balaban J connectivity index is 2.18. The average molecular weight is 283 g/mol. The van der Waals surface area contributed by atoms with Crippen molar-refractivity contribution in [2.45, 2.75) is 6.92 Å². The fraction of sp³-hybridized carbons (Fsp3) is 0.125. The van der Waals surface area contributed by atoms with Gasteiger partial charge in [0.1, 0.15) is 11.6 Å². The first-order chi connectivity index (χ1) is 10.2. The molecule has 0 bridgehead atoms. The van der Waals surface area contributed by atoms with E-state index in [9.17, 15) is 4.39 Å². The van der Waals surface area contributed by atoms with Crippen LogP contribution in [0.3, 0.4) is 0 Å². The lowest BCUT2D eigenvalue weighted by Crippen LogP contribution is -2.01. The number of ether oxygens (including phenoxy) is 1. The van der Waals surface area contributed by atoms with Crippen molar-refractivity contribution in [3.63, 3.8) is 0 Å². The maximum Gasteiger partial charge on any atom is 0.153 e. The van der Waals surface area contributed by atoms with Gasteiger partial charge in [-0.2, -0.15) is 5.10 Å². The van der Waals surface area contributed by atoms with Crippen LogP contribution in [0, 0.1) is 12.7 Å². The molecule has 3 rings (SSSR count). The van der Waals surface area contributed by atoms with Crippen LogP contribution in [0.5, 0.6) is 5.75 Å². The van der Waals surface area contributed by atoms with E-state index in [0.717, 1.165) is 11.4 Å². The van der Waals surface area contributed by atoms with Gasteiger partial charge in [-0.25, -0.2) is 14.1 Å². The summed E-state index contributed by atoms with van der Waals surface area (Å²) in [5, 5.41) is 4.43. The first-order valence-corrected chi connectivity index (χ1v) is 6.50. The second-order valence-corrected chi connectivity index (χ2v) is 4.65. The summed E-state index contributed by atoms with van der Waals surface area (Å²) in [7, 11) is 1.51. The molecule has 2 aromatic heterocycles. The second-order valence-electron chi connectivity index (χ2n) is 4.65. The topological polar surface area (TPSA) is 39.9 Å². The summed E-state index contributed by atoms with van der Waals surface area (Å²) in [6.45, 7) is 1.89. The van der Waals surface area contributed by atoms with E-state index in [1.807, 2.05) is 31.2 Å². The molecule has 0 saturated heterocycles. The zero-order chi connectivity index (χ0) is 14.8. The van der Waals surface area contributed by atoms with Gasteiger partial charge < -0.3 is 4.74 Å². The van der Waals surface area contributed by atoms with Crippen molar-refractivity contribution in [1.82, 2.24) is 14.8 Å². The van der Waals surface area contributed by atoms with Crippen LogP contribution in [-0.4, -0.2) is 21.9 Å². The third-order valence-corrected chi connectivity index (χ3v) is 3.10. The van der Waals surface area contributed by atoms with Crippen LogP contribution in [0.2, 0.25) is 0 Å². The van der Waals surface area contributed by atoms with E-state index in [4.69, 9.17) is 4.74 Å². The molecule has 0 spiro atoms. The Morgan fingerprint density at radius 2 is 2.00 bits per heavy atom. The van der Waals surface area contributed by atoms with Crippen LogP contribution in [0.4, 0.5) is 4.39 Å². The fourth-order valence-corrected chi connectivity index (χ4v) is 2.19. The highest BCUT2D eigenvalue weighted by molar-refractivity contribution is 5.64. The molecular formula is C16H14FN3O. The quantitative estimate of drug-likeness (QED) is 0.739. The Morgan fingerprint density at radius 3 is 2.71 bits per heavy atom. The molecule has 5 heteroatoms. The Bertz CT molecular complexity index is 768. The molecule has 0 saturated carbocycles. The van der Waals surface area contributed by atoms with E-state index in [1.165, 1.54) is 19.2 Å². The van der Waals surface area contributed by atoms with E-state index in [0.29, 0.717) is 17.1 Å². The number of nitrogens with zero attached hydrogens (tertiary/aromatic N) is 3. The Labute approximate surface area is 121 Å². The van der Waals surface area contributed by atoms with Gasteiger partial charge in [0.15, 0.2) is 5.82 Å². The largest absolute Gasteiger partial charge is 0.497 e. The molecule has 0 amide bonds. The summed E-state index contributed by atoms with van der Waals surface area (Å²) in [5.74, 6) is 0.802. The highest BCUT2D eigenvalue weighted by Crippen LogP contribution is 2.27. The maximum absolute atomic E-state index is 13.7. The molecule has 2 heterocycles. The number of hydrogen-bond donors (Lipinski definition) is 0. The normalized spacial score (nSPS) is 10.6. The van der Waals surface area contributed by atoms with Crippen LogP contribution < -0.4 is 4.74 Å². The van der Waals surface area contributed by atoms with Crippen LogP contribution in [-0.2, 0) is 0 Å². The lowest BCUT2D eigenvalue weighted by Gasteiger charge is -2.08. The molecule has 106 valence electrons. The predicted octanol–water partition coefficient (Wildman–Crippen LogP) is 3.39. The summed E-state index contributed by atoms with van der Waals surface area (Å²) in [5.41, 5.74) is 2.29. The van der Waals surface area contributed by atoms with Crippen molar-refractivity contribution in [1.29, 1.82) is 0 Å². The van der Waals surface area contributed by atoms with Crippen molar-refractivity contribution in [3.8, 4) is 22.8 Å². The monoisotopic (exact) mass is 283 g/mol. The number of aromatic nitrogens is 3. The molecule has 21 heavy (non-hydrogen) atoms. The van der Waals surface area contributed by atoms with Crippen molar-refractivity contribution in [2.24, 2.45) is 0 Å². The van der Waals surface area contributed by atoms with Crippen LogP contribution >= 0.6 is 0 Å². The highest BCUT2D eigenvalue weighted by atomic mass is 19.1. The van der Waals surface area contributed by atoms with Crippen LogP contribution in [0.1, 0.15) is 5.69 Å². The second kappa shape index (κ2) is 5.36. The standard InChI is InChI=1S/C16H14FN3O/c1-11-7-15(12-8-13(17)10-14(9-12)21-2)20(19-11)16-5-3-4-6-18-16/h3-10H,1-2H3. The first kappa shape index (κ1) is 13.3. The molecule has 0 aliphatic carbocycles. The molecule has 0 atom stereocenters. The number of benzene rings is 1. The SMILES string of the molecule is COc1cc(F)cc(-c2cc(C)nn2-c2ccccn2)c1. The maximum atomic E-state index is 13.7. The van der Waals surface area contributed by atoms with Gasteiger partial charge >= 0.3 is 0 Å². The molecule has 0 radical (unpaired) electrons. The number of halogens is 1. The third-order valence-electron chi connectivity index (χ3n) is 3.10. The van der Waals surface area contributed by atoms with Gasteiger partial charge in [0, 0.05) is 17.8 Å². The Hall–Kier alpha value is -2.69. The average Bonchev–Trinajstić information content (AvgIpc) is 2.89. The minimum Gasteiger partial charge on any atom is -0.497 e. The van der Waals surface area contributed by atoms with Gasteiger partial charge in [0.05, 0.1) is 18.5 Å². The van der Waals surface area contributed by atoms with Gasteiger partial charge in [0.2, 0.25) is 0 Å². The zero-order valence-corrected chi connectivity index (χ0v) is 11.7. The molecular weight excluding hydrogens is 269 g/mol. The van der Waals surface area contributed by atoms with Gasteiger partial charge in [-0.1, -0.05) is 6.07 Å². The van der Waals surface area contributed by atoms with Crippen molar-refractivity contribution >= 4 is 0 Å². The summed E-state index contributed by atoms with van der Waals surface area (Å²) in [6, 6.07) is 12.0. The molecule has 0 fully saturated rings. The van der Waals surface area contributed by atoms with E-state index in [-0.39, 0.29) is 5.82 Å². The van der Waals surface area contributed by atoms with Crippen LogP contribution in [0.15, 0.2) is 48.7 Å². The number of methoxy groups -OCH3 is 1. The van der Waals surface area contributed by atoms with Gasteiger partial charge in [-0.3, -0.25) is 0 Å². The van der Waals surface area contributed by atoms with E-state index in [1.54, 1.807) is 16.9 Å². The molecule has 0 N–H and O–H groups in total. The van der Waals surface area contributed by atoms with E-state index >= 15 is 0 Å². The van der Waals surface area contributed by atoms with Gasteiger partial charge in [-0.05, 0) is 37.3 Å². The van der Waals surface area contributed by atoms with Gasteiger partial charge in [0.25, 0.3) is 0 Å². The first-order valence-electron chi connectivity index (χ1n) is 6.50. The zero-order valence-electron chi connectivity index (χ0n) is 11.7. The van der Waals surface area contributed by atoms with E-state index < -0.39 is 0 Å². The molecule has 3 aromatic rings. The minimum absolute atomic E-state index is 0.351. The van der Waals surface area contributed by atoms with Crippen molar-refractivity contribution < 1.29 is 9.13 Å². The predicted molar refractivity (Wildman–Crippen MR) is 78.0 cm³/mol. The van der Waals surface area contributed by atoms with Crippen molar-refractivity contribution in [3.05, 3.63) is 60.2 Å². The van der Waals surface area contributed by atoms with Gasteiger partial charge in [-0.15, -0.1) is 0 Å². The fourth-order valence-electron chi connectivity index (χ4n) is 2.19.